The molecule has 0 bridgehead atoms. The van der Waals surface area contributed by atoms with Gasteiger partial charge in [0.25, 0.3) is 5.56 Å². The first-order valence-corrected chi connectivity index (χ1v) is 8.95. The summed E-state index contributed by atoms with van der Waals surface area (Å²) in [7, 11) is 0. The molecular weight excluding hydrogens is 321 g/mol. The second-order valence-corrected chi connectivity index (χ2v) is 6.89. The molecule has 1 aromatic carbocycles. The van der Waals surface area contributed by atoms with Crippen LogP contribution in [0.5, 0.6) is 5.75 Å². The van der Waals surface area contributed by atoms with Crippen LogP contribution in [0.4, 0.5) is 4.39 Å². The molecule has 0 spiro atoms. The van der Waals surface area contributed by atoms with E-state index in [2.05, 4.69) is 15.1 Å². The molecule has 4 rings (SSSR count). The Morgan fingerprint density at radius 2 is 1.92 bits per heavy atom. The van der Waals surface area contributed by atoms with Crippen LogP contribution in [0, 0.1) is 5.82 Å². The third-order valence-electron chi connectivity index (χ3n) is 5.27. The highest BCUT2D eigenvalue weighted by atomic mass is 19.1. The number of piperidine rings is 1. The van der Waals surface area contributed by atoms with Crippen molar-refractivity contribution < 1.29 is 9.13 Å². The minimum Gasteiger partial charge on any atom is -0.490 e. The number of likely N-dealkylation sites (tertiary alicyclic amines) is 1. The normalized spacial score (nSPS) is 19.6. The number of H-pyrrole nitrogens is 1. The van der Waals surface area contributed by atoms with Crippen LogP contribution in [-0.4, -0.2) is 40.3 Å². The van der Waals surface area contributed by atoms with Crippen molar-refractivity contribution in [3.63, 3.8) is 0 Å². The fourth-order valence-electron chi connectivity index (χ4n) is 3.57. The van der Waals surface area contributed by atoms with Crippen molar-refractivity contribution in [1.82, 2.24) is 15.1 Å². The fourth-order valence-corrected chi connectivity index (χ4v) is 3.57. The van der Waals surface area contributed by atoms with Crippen LogP contribution in [0.25, 0.3) is 11.3 Å². The standard InChI is InChI=1S/C19H22FN3O2/c20-17-12-15(4-5-16(17)18-6-7-19(24)22-21-18)25-14-8-10-23(11-9-14)13-2-1-3-13/h4-7,12-14H,1-3,8-11H2,(H,22,24). The van der Waals surface area contributed by atoms with Crippen LogP contribution in [0.2, 0.25) is 0 Å². The van der Waals surface area contributed by atoms with E-state index in [4.69, 9.17) is 4.74 Å². The van der Waals surface area contributed by atoms with E-state index in [0.717, 1.165) is 32.0 Å². The van der Waals surface area contributed by atoms with Crippen LogP contribution in [0.3, 0.4) is 0 Å². The van der Waals surface area contributed by atoms with Gasteiger partial charge in [-0.2, -0.15) is 5.10 Å². The lowest BCUT2D eigenvalue weighted by atomic mass is 9.90. The van der Waals surface area contributed by atoms with Crippen molar-refractivity contribution in [2.24, 2.45) is 0 Å². The van der Waals surface area contributed by atoms with Gasteiger partial charge in [-0.3, -0.25) is 4.79 Å². The molecule has 2 aliphatic rings. The molecule has 1 saturated carbocycles. The Kier molecular flexibility index (Phi) is 4.53. The lowest BCUT2D eigenvalue weighted by Gasteiger charge is -2.41. The number of benzene rings is 1. The van der Waals surface area contributed by atoms with Gasteiger partial charge in [0, 0.05) is 36.8 Å². The summed E-state index contributed by atoms with van der Waals surface area (Å²) < 4.78 is 20.4. The van der Waals surface area contributed by atoms with E-state index in [1.54, 1.807) is 12.1 Å². The highest BCUT2D eigenvalue weighted by molar-refractivity contribution is 5.60. The van der Waals surface area contributed by atoms with Crippen LogP contribution in [0.15, 0.2) is 35.1 Å². The predicted molar refractivity (Wildman–Crippen MR) is 93.1 cm³/mol. The Labute approximate surface area is 145 Å². The third kappa shape index (κ3) is 3.58. The van der Waals surface area contributed by atoms with Gasteiger partial charge in [-0.25, -0.2) is 9.49 Å². The van der Waals surface area contributed by atoms with Gasteiger partial charge in [-0.15, -0.1) is 0 Å². The Balaban J connectivity index is 1.39. The summed E-state index contributed by atoms with van der Waals surface area (Å²) in [6.45, 7) is 2.13. The zero-order valence-electron chi connectivity index (χ0n) is 14.1. The molecule has 2 heterocycles. The van der Waals surface area contributed by atoms with Gasteiger partial charge in [-0.1, -0.05) is 6.42 Å². The second-order valence-electron chi connectivity index (χ2n) is 6.89. The van der Waals surface area contributed by atoms with Gasteiger partial charge >= 0.3 is 0 Å². The average Bonchev–Trinajstić information content (AvgIpc) is 2.56. The minimum atomic E-state index is -0.399. The Bertz CT molecular complexity index is 775. The average molecular weight is 343 g/mol. The van der Waals surface area contributed by atoms with Gasteiger partial charge in [-0.05, 0) is 43.9 Å². The number of nitrogens with zero attached hydrogens (tertiary/aromatic N) is 2. The van der Waals surface area contributed by atoms with Gasteiger partial charge in [0.05, 0.1) is 5.69 Å². The summed E-state index contributed by atoms with van der Waals surface area (Å²) in [5.74, 6) is 0.150. The monoisotopic (exact) mass is 343 g/mol. The highest BCUT2D eigenvalue weighted by Crippen LogP contribution is 2.29. The number of aromatic nitrogens is 2. The summed E-state index contributed by atoms with van der Waals surface area (Å²) in [6.07, 6.45) is 6.14. The number of ether oxygens (including phenoxy) is 1. The number of hydrogen-bond donors (Lipinski definition) is 1. The largest absolute Gasteiger partial charge is 0.490 e. The maximum Gasteiger partial charge on any atom is 0.264 e. The molecule has 1 aliphatic carbocycles. The van der Waals surface area contributed by atoms with Gasteiger partial charge < -0.3 is 9.64 Å². The van der Waals surface area contributed by atoms with Gasteiger partial charge in [0.1, 0.15) is 17.7 Å². The van der Waals surface area contributed by atoms with Crippen molar-refractivity contribution in [2.45, 2.75) is 44.2 Å². The summed E-state index contributed by atoms with van der Waals surface area (Å²) in [6, 6.07) is 8.44. The molecule has 0 amide bonds. The molecule has 1 aromatic heterocycles. The molecular formula is C19H22FN3O2. The van der Waals surface area contributed by atoms with Crippen LogP contribution in [-0.2, 0) is 0 Å². The molecule has 132 valence electrons. The lowest BCUT2D eigenvalue weighted by Crippen LogP contribution is -2.46. The van der Waals surface area contributed by atoms with Crippen molar-refractivity contribution in [3.8, 4) is 17.0 Å². The van der Waals surface area contributed by atoms with Crippen molar-refractivity contribution in [1.29, 1.82) is 0 Å². The quantitative estimate of drug-likeness (QED) is 0.927. The van der Waals surface area contributed by atoms with E-state index in [1.807, 2.05) is 0 Å². The molecule has 0 radical (unpaired) electrons. The van der Waals surface area contributed by atoms with E-state index in [-0.39, 0.29) is 11.7 Å². The maximum atomic E-state index is 14.4. The number of nitrogens with one attached hydrogen (secondary N) is 1. The molecule has 6 heteroatoms. The van der Waals surface area contributed by atoms with Crippen LogP contribution in [0.1, 0.15) is 32.1 Å². The minimum absolute atomic E-state index is 0.146. The van der Waals surface area contributed by atoms with Gasteiger partial charge in [0.15, 0.2) is 0 Å². The fraction of sp³-hybridized carbons (Fsp3) is 0.474. The SMILES string of the molecule is O=c1ccc(-c2ccc(OC3CCN(C4CCC4)CC3)cc2F)n[nH]1. The zero-order valence-corrected chi connectivity index (χ0v) is 14.1. The van der Waals surface area contributed by atoms with Crippen molar-refractivity contribution >= 4 is 0 Å². The molecule has 2 aromatic rings. The number of hydrogen-bond acceptors (Lipinski definition) is 4. The van der Waals surface area contributed by atoms with Crippen LogP contribution < -0.4 is 10.3 Å². The molecule has 2 fully saturated rings. The first-order chi connectivity index (χ1) is 12.2. The maximum absolute atomic E-state index is 14.4. The number of aromatic amines is 1. The zero-order chi connectivity index (χ0) is 17.2. The summed E-state index contributed by atoms with van der Waals surface area (Å²) in [4.78, 5) is 13.6. The van der Waals surface area contributed by atoms with Gasteiger partial charge in [0.2, 0.25) is 0 Å². The molecule has 25 heavy (non-hydrogen) atoms. The van der Waals surface area contributed by atoms with E-state index in [9.17, 15) is 9.18 Å². The summed E-state index contributed by atoms with van der Waals surface area (Å²) in [5, 5.41) is 6.19. The van der Waals surface area contributed by atoms with Crippen molar-refractivity contribution in [3.05, 3.63) is 46.5 Å². The summed E-state index contributed by atoms with van der Waals surface area (Å²) in [5.41, 5.74) is 0.443. The predicted octanol–water partition coefficient (Wildman–Crippen LogP) is 2.97. The third-order valence-corrected chi connectivity index (χ3v) is 5.27. The number of halogens is 1. The van der Waals surface area contributed by atoms with Crippen LogP contribution >= 0.6 is 0 Å². The lowest BCUT2D eigenvalue weighted by molar-refractivity contribution is 0.0492. The van der Waals surface area contributed by atoms with E-state index in [1.165, 1.54) is 37.5 Å². The molecule has 1 N–H and O–H groups in total. The Morgan fingerprint density at radius 1 is 1.12 bits per heavy atom. The molecule has 0 unspecified atom stereocenters. The van der Waals surface area contributed by atoms with E-state index >= 15 is 0 Å². The highest BCUT2D eigenvalue weighted by Gasteiger charge is 2.29. The Hall–Kier alpha value is -2.21. The van der Waals surface area contributed by atoms with Crippen molar-refractivity contribution in [2.75, 3.05) is 13.1 Å². The Morgan fingerprint density at radius 3 is 2.52 bits per heavy atom. The molecule has 5 nitrogen and oxygen atoms in total. The first kappa shape index (κ1) is 16.3. The first-order valence-electron chi connectivity index (χ1n) is 8.95. The van der Waals surface area contributed by atoms with E-state index < -0.39 is 5.82 Å². The topological polar surface area (TPSA) is 58.2 Å². The molecule has 0 atom stereocenters. The smallest absolute Gasteiger partial charge is 0.264 e. The number of rotatable bonds is 4. The van der Waals surface area contributed by atoms with E-state index in [0.29, 0.717) is 17.0 Å². The summed E-state index contributed by atoms with van der Waals surface area (Å²) >= 11 is 0. The second kappa shape index (κ2) is 6.96. The molecule has 1 aliphatic heterocycles. The molecule has 1 saturated heterocycles.